The first kappa shape index (κ1) is 12.3. The molecule has 0 bridgehead atoms. The summed E-state index contributed by atoms with van der Waals surface area (Å²) in [6, 6.07) is 0. The zero-order valence-corrected chi connectivity index (χ0v) is 11.3. The van der Waals surface area contributed by atoms with Gasteiger partial charge in [0.2, 0.25) is 5.91 Å². The Hall–Kier alpha value is -1.76. The molecule has 1 aliphatic heterocycles. The van der Waals surface area contributed by atoms with Crippen LogP contribution in [0, 0.1) is 0 Å². The third kappa shape index (κ3) is 2.81. The van der Waals surface area contributed by atoms with Gasteiger partial charge in [-0.15, -0.1) is 11.3 Å². The minimum Gasteiger partial charge on any atom is -0.340 e. The van der Waals surface area contributed by atoms with Gasteiger partial charge in [0.05, 0.1) is 5.01 Å². The lowest BCUT2D eigenvalue weighted by Crippen LogP contribution is -2.40. The smallest absolute Gasteiger partial charge is 0.244 e. The SMILES string of the molecule is O=C(Cn1cncn1)N1CCCC(c2nccs2)C1. The maximum absolute atomic E-state index is 12.2. The van der Waals surface area contributed by atoms with Gasteiger partial charge >= 0.3 is 0 Å². The van der Waals surface area contributed by atoms with Gasteiger partial charge in [-0.2, -0.15) is 5.10 Å². The van der Waals surface area contributed by atoms with Crippen molar-refractivity contribution in [3.8, 4) is 0 Å². The number of nitrogens with zero attached hydrogens (tertiary/aromatic N) is 5. The molecule has 0 N–H and O–H groups in total. The molecule has 0 spiro atoms. The summed E-state index contributed by atoms with van der Waals surface area (Å²) >= 11 is 1.67. The second-order valence-electron chi connectivity index (χ2n) is 4.64. The van der Waals surface area contributed by atoms with Gasteiger partial charge in [-0.25, -0.2) is 14.6 Å². The molecule has 19 heavy (non-hydrogen) atoms. The topological polar surface area (TPSA) is 63.9 Å². The summed E-state index contributed by atoms with van der Waals surface area (Å²) < 4.78 is 1.56. The molecule has 100 valence electrons. The highest BCUT2D eigenvalue weighted by Crippen LogP contribution is 2.28. The van der Waals surface area contributed by atoms with Crippen molar-refractivity contribution in [2.45, 2.75) is 25.3 Å². The van der Waals surface area contributed by atoms with Gasteiger partial charge in [0.15, 0.2) is 0 Å². The van der Waals surface area contributed by atoms with Crippen LogP contribution in [0.2, 0.25) is 0 Å². The van der Waals surface area contributed by atoms with Crippen molar-refractivity contribution in [2.75, 3.05) is 13.1 Å². The average Bonchev–Trinajstić information content (AvgIpc) is 3.12. The van der Waals surface area contributed by atoms with Crippen molar-refractivity contribution in [3.63, 3.8) is 0 Å². The van der Waals surface area contributed by atoms with Gasteiger partial charge < -0.3 is 4.90 Å². The largest absolute Gasteiger partial charge is 0.340 e. The molecule has 6 nitrogen and oxygen atoms in total. The van der Waals surface area contributed by atoms with Crippen LogP contribution in [0.3, 0.4) is 0 Å². The van der Waals surface area contributed by atoms with Crippen LogP contribution < -0.4 is 0 Å². The number of thiazole rings is 1. The number of amides is 1. The summed E-state index contributed by atoms with van der Waals surface area (Å²) in [6.45, 7) is 1.86. The first-order chi connectivity index (χ1) is 9.33. The standard InChI is InChI=1S/C12H15N5OS/c18-11(7-17-9-13-8-15-17)16-4-1-2-10(6-16)12-14-3-5-19-12/h3,5,8-10H,1-2,4,6-7H2. The molecular weight excluding hydrogens is 262 g/mol. The number of carbonyl (C=O) groups is 1. The molecule has 7 heteroatoms. The molecule has 0 saturated carbocycles. The predicted octanol–water partition coefficient (Wildman–Crippen LogP) is 1.14. The maximum Gasteiger partial charge on any atom is 0.244 e. The van der Waals surface area contributed by atoms with Crippen LogP contribution in [0.25, 0.3) is 0 Å². The van der Waals surface area contributed by atoms with Gasteiger partial charge in [0.1, 0.15) is 19.2 Å². The number of carbonyl (C=O) groups excluding carboxylic acids is 1. The number of piperidine rings is 1. The van der Waals surface area contributed by atoms with Crippen LogP contribution in [0.1, 0.15) is 23.8 Å². The second kappa shape index (κ2) is 5.48. The first-order valence-electron chi connectivity index (χ1n) is 6.32. The molecule has 3 rings (SSSR count). The third-order valence-corrected chi connectivity index (χ3v) is 4.28. The van der Waals surface area contributed by atoms with Crippen LogP contribution in [0.15, 0.2) is 24.2 Å². The summed E-state index contributed by atoms with van der Waals surface area (Å²) in [7, 11) is 0. The zero-order valence-electron chi connectivity index (χ0n) is 10.5. The van der Waals surface area contributed by atoms with E-state index >= 15 is 0 Å². The molecule has 3 heterocycles. The van der Waals surface area contributed by atoms with Crippen LogP contribution >= 0.6 is 11.3 Å². The second-order valence-corrected chi connectivity index (χ2v) is 5.57. The molecule has 2 aromatic rings. The van der Waals surface area contributed by atoms with E-state index < -0.39 is 0 Å². The quantitative estimate of drug-likeness (QED) is 0.844. The lowest BCUT2D eigenvalue weighted by atomic mass is 9.99. The van der Waals surface area contributed by atoms with E-state index in [0.717, 1.165) is 30.9 Å². The fraction of sp³-hybridized carbons (Fsp3) is 0.500. The Labute approximate surface area is 115 Å². The summed E-state index contributed by atoms with van der Waals surface area (Å²) in [5.74, 6) is 0.486. The Morgan fingerprint density at radius 2 is 2.47 bits per heavy atom. The van der Waals surface area contributed by atoms with E-state index in [9.17, 15) is 4.79 Å². The average molecular weight is 277 g/mol. The van der Waals surface area contributed by atoms with E-state index in [1.165, 1.54) is 6.33 Å². The molecule has 0 aromatic carbocycles. The summed E-state index contributed by atoms with van der Waals surface area (Å²) in [5, 5.41) is 7.10. The molecule has 1 amide bonds. The van der Waals surface area contributed by atoms with Gasteiger partial charge in [0, 0.05) is 30.6 Å². The van der Waals surface area contributed by atoms with E-state index in [1.807, 2.05) is 16.5 Å². The number of hydrogen-bond donors (Lipinski definition) is 0. The van der Waals surface area contributed by atoms with Gasteiger partial charge in [-0.1, -0.05) is 0 Å². The molecule has 2 aromatic heterocycles. The van der Waals surface area contributed by atoms with Crippen molar-refractivity contribution in [2.24, 2.45) is 0 Å². The predicted molar refractivity (Wildman–Crippen MR) is 70.7 cm³/mol. The van der Waals surface area contributed by atoms with Crippen LogP contribution in [0.5, 0.6) is 0 Å². The summed E-state index contributed by atoms with van der Waals surface area (Å²) in [5.41, 5.74) is 0. The number of aromatic nitrogens is 4. The van der Waals surface area contributed by atoms with Gasteiger partial charge in [0.25, 0.3) is 0 Å². The normalized spacial score (nSPS) is 19.6. The maximum atomic E-state index is 12.2. The highest BCUT2D eigenvalue weighted by atomic mass is 32.1. The molecule has 1 fully saturated rings. The monoisotopic (exact) mass is 277 g/mol. The fourth-order valence-electron chi connectivity index (χ4n) is 2.39. The van der Waals surface area contributed by atoms with E-state index in [4.69, 9.17) is 0 Å². The van der Waals surface area contributed by atoms with Crippen molar-refractivity contribution in [1.29, 1.82) is 0 Å². The van der Waals surface area contributed by atoms with E-state index in [2.05, 4.69) is 15.1 Å². The van der Waals surface area contributed by atoms with E-state index in [1.54, 1.807) is 22.3 Å². The van der Waals surface area contributed by atoms with E-state index in [-0.39, 0.29) is 12.5 Å². The Balaban J connectivity index is 1.63. The molecular formula is C12H15N5OS. The number of rotatable bonds is 3. The van der Waals surface area contributed by atoms with E-state index in [0.29, 0.717) is 5.92 Å². The molecule has 1 saturated heterocycles. The van der Waals surface area contributed by atoms with Crippen molar-refractivity contribution >= 4 is 17.2 Å². The molecule has 0 radical (unpaired) electrons. The number of likely N-dealkylation sites (tertiary alicyclic amines) is 1. The third-order valence-electron chi connectivity index (χ3n) is 3.34. The molecule has 0 aliphatic carbocycles. The summed E-state index contributed by atoms with van der Waals surface area (Å²) in [4.78, 5) is 22.3. The Morgan fingerprint density at radius 3 is 3.21 bits per heavy atom. The van der Waals surface area contributed by atoms with Crippen molar-refractivity contribution in [1.82, 2.24) is 24.6 Å². The minimum absolute atomic E-state index is 0.103. The lowest BCUT2D eigenvalue weighted by molar-refractivity contribution is -0.133. The zero-order chi connectivity index (χ0) is 13.1. The summed E-state index contributed by atoms with van der Waals surface area (Å²) in [6.07, 6.45) is 6.99. The van der Waals surface area contributed by atoms with Crippen molar-refractivity contribution < 1.29 is 4.79 Å². The number of hydrogen-bond acceptors (Lipinski definition) is 5. The molecule has 1 atom stereocenters. The van der Waals surface area contributed by atoms with Crippen LogP contribution in [-0.2, 0) is 11.3 Å². The van der Waals surface area contributed by atoms with Gasteiger partial charge in [-0.05, 0) is 12.8 Å². The van der Waals surface area contributed by atoms with Crippen LogP contribution in [0.4, 0.5) is 0 Å². The minimum atomic E-state index is 0.103. The fourth-order valence-corrected chi connectivity index (χ4v) is 3.16. The Morgan fingerprint density at radius 1 is 1.53 bits per heavy atom. The first-order valence-corrected chi connectivity index (χ1v) is 7.20. The molecule has 1 aliphatic rings. The highest BCUT2D eigenvalue weighted by molar-refractivity contribution is 7.09. The molecule has 1 unspecified atom stereocenters. The van der Waals surface area contributed by atoms with Crippen molar-refractivity contribution in [3.05, 3.63) is 29.2 Å². The lowest BCUT2D eigenvalue weighted by Gasteiger charge is -2.31. The van der Waals surface area contributed by atoms with Crippen LogP contribution in [-0.4, -0.2) is 43.6 Å². The Kier molecular flexibility index (Phi) is 3.54. The highest BCUT2D eigenvalue weighted by Gasteiger charge is 2.26. The Bertz CT molecular complexity index is 524. The van der Waals surface area contributed by atoms with Gasteiger partial charge in [-0.3, -0.25) is 4.79 Å².